The molecule has 2 N–H and O–H groups in total. The van der Waals surface area contributed by atoms with Crippen molar-refractivity contribution in [3.63, 3.8) is 0 Å². The summed E-state index contributed by atoms with van der Waals surface area (Å²) in [6, 6.07) is 0. The first-order valence-electron chi connectivity index (χ1n) is 18.6. The van der Waals surface area contributed by atoms with Crippen LogP contribution in [0.4, 0.5) is 0 Å². The zero-order valence-corrected chi connectivity index (χ0v) is 29.8. The minimum absolute atomic E-state index is 0.118. The number of amides is 1. The maximum absolute atomic E-state index is 12.6. The highest BCUT2D eigenvalue weighted by Crippen LogP contribution is 2.14. The molecule has 0 aliphatic carbocycles. The van der Waals surface area contributed by atoms with Crippen molar-refractivity contribution in [2.24, 2.45) is 0 Å². The lowest BCUT2D eigenvalue weighted by Gasteiger charge is -2.14. The Hall–Kier alpha value is -3.15. The van der Waals surface area contributed by atoms with Gasteiger partial charge in [0.2, 0.25) is 5.91 Å². The smallest absolute Gasteiger partial charge is 0.322 e. The van der Waals surface area contributed by atoms with Crippen LogP contribution in [0.15, 0.2) is 72.9 Å². The first kappa shape index (κ1) is 43.9. The van der Waals surface area contributed by atoms with Gasteiger partial charge in [-0.3, -0.25) is 14.4 Å². The van der Waals surface area contributed by atoms with E-state index in [9.17, 15) is 14.4 Å². The average molecular weight is 654 g/mol. The number of allylic oxidation sites excluding steroid dienone is 11. The number of carbonyl (C=O) groups excluding carboxylic acids is 2. The minimum Gasteiger partial charge on any atom is -0.480 e. The second kappa shape index (κ2) is 35.7. The van der Waals surface area contributed by atoms with Crippen molar-refractivity contribution in [1.82, 2.24) is 5.32 Å². The predicted molar refractivity (Wildman–Crippen MR) is 198 cm³/mol. The lowest BCUT2D eigenvalue weighted by molar-refractivity contribution is -0.147. The summed E-state index contributed by atoms with van der Waals surface area (Å²) >= 11 is 0. The van der Waals surface area contributed by atoms with Gasteiger partial charge in [0.25, 0.3) is 0 Å². The van der Waals surface area contributed by atoms with Gasteiger partial charge in [0.15, 0.2) is 0 Å². The molecule has 0 rings (SSSR count). The normalized spacial score (nSPS) is 12.9. The van der Waals surface area contributed by atoms with Crippen molar-refractivity contribution >= 4 is 17.8 Å². The number of hydrogen-bond acceptors (Lipinski definition) is 4. The number of nitrogens with one attached hydrogen (secondary N) is 1. The molecular weight excluding hydrogens is 586 g/mol. The van der Waals surface area contributed by atoms with Crippen LogP contribution in [-0.2, 0) is 19.1 Å². The van der Waals surface area contributed by atoms with Gasteiger partial charge in [0.1, 0.15) is 12.6 Å². The molecule has 0 fully saturated rings. The molecule has 0 aromatic rings. The third kappa shape index (κ3) is 35.5. The van der Waals surface area contributed by atoms with Crippen LogP contribution in [0.1, 0.15) is 155 Å². The molecule has 0 radical (unpaired) electrons. The second-order valence-electron chi connectivity index (χ2n) is 12.1. The summed E-state index contributed by atoms with van der Waals surface area (Å²) in [6.45, 7) is 4.01. The fourth-order valence-corrected chi connectivity index (χ4v) is 4.85. The summed E-state index contributed by atoms with van der Waals surface area (Å²) in [7, 11) is 0. The zero-order valence-electron chi connectivity index (χ0n) is 29.8. The lowest BCUT2D eigenvalue weighted by atomic mass is 10.1. The monoisotopic (exact) mass is 654 g/mol. The van der Waals surface area contributed by atoms with Crippen LogP contribution in [0, 0.1) is 0 Å². The maximum atomic E-state index is 12.6. The van der Waals surface area contributed by atoms with Crippen LogP contribution >= 0.6 is 0 Å². The van der Waals surface area contributed by atoms with Gasteiger partial charge in [-0.15, -0.1) is 0 Å². The Labute approximate surface area is 287 Å². The minimum atomic E-state index is -1.03. The summed E-state index contributed by atoms with van der Waals surface area (Å²) in [6.07, 6.45) is 47.5. The first-order chi connectivity index (χ1) is 23.0. The zero-order chi connectivity index (χ0) is 34.5. The molecule has 0 heterocycles. The van der Waals surface area contributed by atoms with Crippen molar-refractivity contribution in [3.8, 4) is 0 Å². The molecule has 47 heavy (non-hydrogen) atoms. The third-order valence-electron chi connectivity index (χ3n) is 7.60. The van der Waals surface area contributed by atoms with Gasteiger partial charge < -0.3 is 15.2 Å². The number of ether oxygens (including phenoxy) is 1. The van der Waals surface area contributed by atoms with Gasteiger partial charge in [-0.25, -0.2) is 0 Å². The van der Waals surface area contributed by atoms with Crippen molar-refractivity contribution in [2.75, 3.05) is 6.54 Å². The number of carboxylic acids is 1. The van der Waals surface area contributed by atoms with E-state index in [2.05, 4.69) is 86.0 Å². The summed E-state index contributed by atoms with van der Waals surface area (Å²) in [4.78, 5) is 34.8. The number of carboxylic acid groups (broad SMARTS) is 1. The molecular formula is C41H67NO5. The highest BCUT2D eigenvalue weighted by Gasteiger charge is 2.11. The van der Waals surface area contributed by atoms with Gasteiger partial charge in [-0.1, -0.05) is 132 Å². The second-order valence-corrected chi connectivity index (χ2v) is 12.1. The predicted octanol–water partition coefficient (Wildman–Crippen LogP) is 11.1. The molecule has 0 saturated heterocycles. The Kier molecular flexibility index (Phi) is 33.3. The molecule has 0 aromatic heterocycles. The first-order valence-corrected chi connectivity index (χ1v) is 18.6. The van der Waals surface area contributed by atoms with Crippen LogP contribution in [0.25, 0.3) is 0 Å². The van der Waals surface area contributed by atoms with Gasteiger partial charge in [-0.05, 0) is 83.1 Å². The molecule has 266 valence electrons. The van der Waals surface area contributed by atoms with Crippen molar-refractivity contribution < 1.29 is 24.2 Å². The van der Waals surface area contributed by atoms with Crippen LogP contribution in [0.2, 0.25) is 0 Å². The van der Waals surface area contributed by atoms with E-state index in [1.54, 1.807) is 0 Å². The van der Waals surface area contributed by atoms with Gasteiger partial charge in [0, 0.05) is 12.8 Å². The largest absolute Gasteiger partial charge is 0.480 e. The number of hydrogen-bond donors (Lipinski definition) is 2. The Balaban J connectivity index is 4.13. The average Bonchev–Trinajstić information content (AvgIpc) is 3.05. The van der Waals surface area contributed by atoms with E-state index >= 15 is 0 Å². The lowest BCUT2D eigenvalue weighted by Crippen LogP contribution is -2.28. The number of unbranched alkanes of at least 4 members (excludes halogenated alkanes) is 11. The van der Waals surface area contributed by atoms with Crippen molar-refractivity contribution in [3.05, 3.63) is 72.9 Å². The van der Waals surface area contributed by atoms with Crippen LogP contribution in [0.5, 0.6) is 0 Å². The molecule has 0 aliphatic heterocycles. The highest BCUT2D eigenvalue weighted by atomic mass is 16.5. The summed E-state index contributed by atoms with van der Waals surface area (Å²) < 4.78 is 5.84. The molecule has 6 heteroatoms. The molecule has 1 unspecified atom stereocenters. The van der Waals surface area contributed by atoms with E-state index in [-0.39, 0.29) is 24.5 Å². The Morgan fingerprint density at radius 3 is 1.72 bits per heavy atom. The van der Waals surface area contributed by atoms with Crippen molar-refractivity contribution in [1.29, 1.82) is 0 Å². The molecule has 1 amide bonds. The molecule has 6 nitrogen and oxygen atoms in total. The SMILES string of the molecule is CC/C=C\C/C=C\C/C=C\C/C=C\CCCCCCCCC(=O)OC(/C=C\C/C=C\CCCC)CCCCCCC(=O)NCC(=O)O. The van der Waals surface area contributed by atoms with Gasteiger partial charge in [-0.2, -0.15) is 0 Å². The van der Waals surface area contributed by atoms with E-state index in [0.717, 1.165) is 96.3 Å². The Morgan fingerprint density at radius 1 is 0.596 bits per heavy atom. The fourth-order valence-electron chi connectivity index (χ4n) is 4.85. The maximum Gasteiger partial charge on any atom is 0.322 e. The molecule has 1 atom stereocenters. The van der Waals surface area contributed by atoms with E-state index < -0.39 is 5.97 Å². The molecule has 0 bridgehead atoms. The van der Waals surface area contributed by atoms with Crippen LogP contribution < -0.4 is 5.32 Å². The Bertz CT molecular complexity index is 943. The van der Waals surface area contributed by atoms with Crippen molar-refractivity contribution in [2.45, 2.75) is 161 Å². The van der Waals surface area contributed by atoms with Crippen LogP contribution in [-0.4, -0.2) is 35.6 Å². The number of carbonyl (C=O) groups is 3. The summed E-state index contributed by atoms with van der Waals surface area (Å²) in [5, 5.41) is 11.0. The van der Waals surface area contributed by atoms with E-state index in [1.807, 2.05) is 6.08 Å². The quantitative estimate of drug-likeness (QED) is 0.0428. The van der Waals surface area contributed by atoms with E-state index in [0.29, 0.717) is 12.8 Å². The topological polar surface area (TPSA) is 92.7 Å². The number of aliphatic carboxylic acids is 1. The molecule has 0 spiro atoms. The van der Waals surface area contributed by atoms with Gasteiger partial charge in [0.05, 0.1) is 0 Å². The fraction of sp³-hybridized carbons (Fsp3) is 0.634. The Morgan fingerprint density at radius 2 is 1.11 bits per heavy atom. The van der Waals surface area contributed by atoms with Gasteiger partial charge >= 0.3 is 11.9 Å². The highest BCUT2D eigenvalue weighted by molar-refractivity contribution is 5.80. The van der Waals surface area contributed by atoms with E-state index in [4.69, 9.17) is 9.84 Å². The number of rotatable bonds is 32. The van der Waals surface area contributed by atoms with E-state index in [1.165, 1.54) is 32.1 Å². The number of esters is 1. The summed E-state index contributed by atoms with van der Waals surface area (Å²) in [5.41, 5.74) is 0. The summed E-state index contributed by atoms with van der Waals surface area (Å²) in [5.74, 6) is -1.38. The van der Waals surface area contributed by atoms with Crippen LogP contribution in [0.3, 0.4) is 0 Å². The molecule has 0 aliphatic rings. The standard InChI is InChI=1S/C41H67NO5/c1-3-5-7-9-11-12-13-14-15-16-17-18-19-20-21-22-24-26-32-36-41(46)47-38(33-29-25-23-10-8-6-4-2)34-30-27-28-31-35-39(43)42-37-40(44)45/h5,7,10-12,14-15,17-18,23,29,33,38H,3-4,6,8-9,13,16,19-22,24-28,30-32,34-37H2,1-2H3,(H,42,43)(H,44,45)/b7-5-,12-11-,15-14-,18-17-,23-10-,33-29-. The molecule has 0 aromatic carbocycles. The third-order valence-corrected chi connectivity index (χ3v) is 7.60. The molecule has 0 saturated carbocycles.